The molecule has 1 aromatic carbocycles. The van der Waals surface area contributed by atoms with Crippen LogP contribution in [0.3, 0.4) is 0 Å². The van der Waals surface area contributed by atoms with E-state index in [2.05, 4.69) is 16.4 Å². The van der Waals surface area contributed by atoms with Crippen LogP contribution in [0.25, 0.3) is 0 Å². The zero-order chi connectivity index (χ0) is 16.3. The number of hydrogen-bond donors (Lipinski definition) is 1. The summed E-state index contributed by atoms with van der Waals surface area (Å²) in [5, 5.41) is 12.4. The fourth-order valence-electron chi connectivity index (χ4n) is 2.09. The summed E-state index contributed by atoms with van der Waals surface area (Å²) in [5.41, 5.74) is 3.60. The lowest BCUT2D eigenvalue weighted by atomic mass is 10.1. The molecule has 0 saturated heterocycles. The molecule has 1 N–H and O–H groups in total. The molecule has 0 spiro atoms. The fraction of sp³-hybridized carbons (Fsp3) is 0.294. The lowest BCUT2D eigenvalue weighted by molar-refractivity contribution is 0.582. The van der Waals surface area contributed by atoms with Gasteiger partial charge in [0.25, 0.3) is 0 Å². The third kappa shape index (κ3) is 3.34. The number of benzene rings is 1. The van der Waals surface area contributed by atoms with Crippen molar-refractivity contribution >= 4 is 17.1 Å². The molecule has 0 bridgehead atoms. The van der Waals surface area contributed by atoms with E-state index >= 15 is 0 Å². The number of anilines is 3. The van der Waals surface area contributed by atoms with E-state index in [1.54, 1.807) is 0 Å². The SMILES string of the molecule is Cc1ccc(Nc2cnc(F)cc2N(C)C(C)C)c(C#N)c1. The monoisotopic (exact) mass is 298 g/mol. The lowest BCUT2D eigenvalue weighted by Gasteiger charge is -2.26. The van der Waals surface area contributed by atoms with E-state index in [0.29, 0.717) is 22.6 Å². The minimum atomic E-state index is -0.530. The second-order valence-electron chi connectivity index (χ2n) is 5.51. The molecule has 1 heterocycles. The van der Waals surface area contributed by atoms with Crippen molar-refractivity contribution in [3.05, 3.63) is 47.5 Å². The van der Waals surface area contributed by atoms with Crippen molar-refractivity contribution in [2.24, 2.45) is 0 Å². The number of hydrogen-bond acceptors (Lipinski definition) is 4. The predicted octanol–water partition coefficient (Wildman–Crippen LogP) is 3.99. The van der Waals surface area contributed by atoms with Crippen LogP contribution in [0.1, 0.15) is 25.0 Å². The topological polar surface area (TPSA) is 52.0 Å². The van der Waals surface area contributed by atoms with Crippen molar-refractivity contribution in [1.29, 1.82) is 5.26 Å². The van der Waals surface area contributed by atoms with Crippen LogP contribution >= 0.6 is 0 Å². The minimum absolute atomic E-state index is 0.204. The average Bonchev–Trinajstić information content (AvgIpc) is 2.49. The normalized spacial score (nSPS) is 10.4. The van der Waals surface area contributed by atoms with Gasteiger partial charge in [0, 0.05) is 19.2 Å². The highest BCUT2D eigenvalue weighted by molar-refractivity contribution is 5.76. The van der Waals surface area contributed by atoms with E-state index in [0.717, 1.165) is 5.56 Å². The Morgan fingerprint density at radius 3 is 2.64 bits per heavy atom. The van der Waals surface area contributed by atoms with Crippen molar-refractivity contribution in [1.82, 2.24) is 4.98 Å². The summed E-state index contributed by atoms with van der Waals surface area (Å²) in [4.78, 5) is 5.66. The van der Waals surface area contributed by atoms with Gasteiger partial charge in [0.15, 0.2) is 0 Å². The molecule has 114 valence electrons. The number of aromatic nitrogens is 1. The number of nitrogens with zero attached hydrogens (tertiary/aromatic N) is 3. The van der Waals surface area contributed by atoms with Gasteiger partial charge in [0.2, 0.25) is 5.95 Å². The Kier molecular flexibility index (Phi) is 4.62. The molecule has 5 heteroatoms. The maximum absolute atomic E-state index is 13.5. The van der Waals surface area contributed by atoms with Crippen LogP contribution in [-0.2, 0) is 0 Å². The Morgan fingerprint density at radius 1 is 1.27 bits per heavy atom. The van der Waals surface area contributed by atoms with Gasteiger partial charge in [-0.25, -0.2) is 4.98 Å². The molecule has 2 aromatic rings. The maximum Gasteiger partial charge on any atom is 0.215 e. The van der Waals surface area contributed by atoms with Crippen molar-refractivity contribution < 1.29 is 4.39 Å². The van der Waals surface area contributed by atoms with Crippen LogP contribution < -0.4 is 10.2 Å². The molecule has 2 rings (SSSR count). The van der Waals surface area contributed by atoms with Crippen molar-refractivity contribution in [2.45, 2.75) is 26.8 Å². The first-order chi connectivity index (χ1) is 10.4. The summed E-state index contributed by atoms with van der Waals surface area (Å²) in [6.07, 6.45) is 1.45. The average molecular weight is 298 g/mol. The summed E-state index contributed by atoms with van der Waals surface area (Å²) in [7, 11) is 1.89. The van der Waals surface area contributed by atoms with Gasteiger partial charge < -0.3 is 10.2 Å². The quantitative estimate of drug-likeness (QED) is 0.867. The molecular weight excluding hydrogens is 279 g/mol. The van der Waals surface area contributed by atoms with Crippen LogP contribution in [0.5, 0.6) is 0 Å². The van der Waals surface area contributed by atoms with Gasteiger partial charge >= 0.3 is 0 Å². The third-order valence-corrected chi connectivity index (χ3v) is 3.57. The molecule has 4 nitrogen and oxygen atoms in total. The Bertz CT molecular complexity index is 719. The zero-order valence-electron chi connectivity index (χ0n) is 13.2. The minimum Gasteiger partial charge on any atom is -0.370 e. The van der Waals surface area contributed by atoms with E-state index in [4.69, 9.17) is 0 Å². The maximum atomic E-state index is 13.5. The van der Waals surface area contributed by atoms with Crippen LogP contribution in [0, 0.1) is 24.2 Å². The molecule has 0 fully saturated rings. The highest BCUT2D eigenvalue weighted by atomic mass is 19.1. The summed E-state index contributed by atoms with van der Waals surface area (Å²) in [5.74, 6) is -0.530. The van der Waals surface area contributed by atoms with E-state index in [1.165, 1.54) is 12.3 Å². The smallest absolute Gasteiger partial charge is 0.215 e. The number of pyridine rings is 1. The Morgan fingerprint density at radius 2 is 2.00 bits per heavy atom. The van der Waals surface area contributed by atoms with E-state index in [1.807, 2.05) is 50.9 Å². The Balaban J connectivity index is 2.44. The Labute approximate surface area is 130 Å². The van der Waals surface area contributed by atoms with Crippen LogP contribution in [0.2, 0.25) is 0 Å². The van der Waals surface area contributed by atoms with Crippen molar-refractivity contribution in [2.75, 3.05) is 17.3 Å². The van der Waals surface area contributed by atoms with Crippen LogP contribution in [-0.4, -0.2) is 18.1 Å². The van der Waals surface area contributed by atoms with E-state index in [-0.39, 0.29) is 6.04 Å². The third-order valence-electron chi connectivity index (χ3n) is 3.57. The number of nitrogens with one attached hydrogen (secondary N) is 1. The summed E-state index contributed by atoms with van der Waals surface area (Å²) in [6.45, 7) is 5.98. The van der Waals surface area contributed by atoms with Gasteiger partial charge in [-0.15, -0.1) is 0 Å². The van der Waals surface area contributed by atoms with Gasteiger partial charge in [-0.1, -0.05) is 6.07 Å². The molecule has 0 aliphatic carbocycles. The number of nitriles is 1. The molecular formula is C17H19FN4. The second-order valence-corrected chi connectivity index (χ2v) is 5.51. The van der Waals surface area contributed by atoms with Crippen LogP contribution in [0.4, 0.5) is 21.5 Å². The zero-order valence-corrected chi connectivity index (χ0v) is 13.2. The summed E-state index contributed by atoms with van der Waals surface area (Å²) >= 11 is 0. The van der Waals surface area contributed by atoms with Gasteiger partial charge in [-0.3, -0.25) is 0 Å². The molecule has 0 aliphatic heterocycles. The number of rotatable bonds is 4. The summed E-state index contributed by atoms with van der Waals surface area (Å²) in [6, 6.07) is 9.34. The molecule has 1 aromatic heterocycles. The van der Waals surface area contributed by atoms with Crippen LogP contribution in [0.15, 0.2) is 30.5 Å². The first kappa shape index (κ1) is 15.8. The van der Waals surface area contributed by atoms with Gasteiger partial charge in [-0.2, -0.15) is 9.65 Å². The predicted molar refractivity (Wildman–Crippen MR) is 86.9 cm³/mol. The second kappa shape index (κ2) is 6.44. The lowest BCUT2D eigenvalue weighted by Crippen LogP contribution is -2.26. The van der Waals surface area contributed by atoms with E-state index in [9.17, 15) is 9.65 Å². The fourth-order valence-corrected chi connectivity index (χ4v) is 2.09. The van der Waals surface area contributed by atoms with Crippen molar-refractivity contribution in [3.63, 3.8) is 0 Å². The summed E-state index contributed by atoms with van der Waals surface area (Å²) < 4.78 is 13.5. The van der Waals surface area contributed by atoms with Crippen molar-refractivity contribution in [3.8, 4) is 6.07 Å². The molecule has 0 aliphatic rings. The first-order valence-electron chi connectivity index (χ1n) is 7.08. The Hall–Kier alpha value is -2.61. The molecule has 0 unspecified atom stereocenters. The number of halogens is 1. The standard InChI is InChI=1S/C17H19FN4/c1-11(2)22(4)16-8-17(18)20-10-15(16)21-14-6-5-12(3)7-13(14)9-19/h5-8,10-11,21H,1-4H3. The highest BCUT2D eigenvalue weighted by Crippen LogP contribution is 2.30. The highest BCUT2D eigenvalue weighted by Gasteiger charge is 2.14. The van der Waals surface area contributed by atoms with E-state index < -0.39 is 5.95 Å². The van der Waals surface area contributed by atoms with Gasteiger partial charge in [0.1, 0.15) is 6.07 Å². The molecule has 0 amide bonds. The van der Waals surface area contributed by atoms with Gasteiger partial charge in [0.05, 0.1) is 28.8 Å². The molecule has 0 radical (unpaired) electrons. The van der Waals surface area contributed by atoms with Gasteiger partial charge in [-0.05, 0) is 38.5 Å². The largest absolute Gasteiger partial charge is 0.370 e. The molecule has 0 saturated carbocycles. The molecule has 0 atom stereocenters. The molecule has 22 heavy (non-hydrogen) atoms. The number of aryl methyl sites for hydroxylation is 1. The first-order valence-corrected chi connectivity index (χ1v) is 7.08.